The van der Waals surface area contributed by atoms with Crippen molar-refractivity contribution >= 4 is 15.9 Å². The molecule has 14 heavy (non-hydrogen) atoms. The van der Waals surface area contributed by atoms with Crippen molar-refractivity contribution in [3.8, 4) is 0 Å². The van der Waals surface area contributed by atoms with E-state index in [1.807, 2.05) is 12.4 Å². The highest BCUT2D eigenvalue weighted by atomic mass is 79.9. The van der Waals surface area contributed by atoms with Gasteiger partial charge >= 0.3 is 0 Å². The Morgan fingerprint density at radius 2 is 2.21 bits per heavy atom. The maximum atomic E-state index is 6.06. The van der Waals surface area contributed by atoms with E-state index in [0.29, 0.717) is 0 Å². The number of rotatable bonds is 3. The number of nitrogens with zero attached hydrogens (tertiary/aromatic N) is 1. The van der Waals surface area contributed by atoms with Gasteiger partial charge in [-0.05, 0) is 59.7 Å². The highest BCUT2D eigenvalue weighted by Crippen LogP contribution is 2.37. The molecular formula is C11H15BrN2. The van der Waals surface area contributed by atoms with Crippen LogP contribution in [0.15, 0.2) is 16.9 Å². The summed E-state index contributed by atoms with van der Waals surface area (Å²) in [5, 5.41) is 0. The summed E-state index contributed by atoms with van der Waals surface area (Å²) < 4.78 is 1.11. The van der Waals surface area contributed by atoms with Gasteiger partial charge in [0.15, 0.2) is 0 Å². The molecule has 0 spiro atoms. The summed E-state index contributed by atoms with van der Waals surface area (Å²) in [4.78, 5) is 4.13. The van der Waals surface area contributed by atoms with Crippen molar-refractivity contribution in [2.24, 2.45) is 5.73 Å². The van der Waals surface area contributed by atoms with Crippen molar-refractivity contribution in [2.75, 3.05) is 0 Å². The van der Waals surface area contributed by atoms with Crippen molar-refractivity contribution in [3.05, 3.63) is 28.0 Å². The maximum absolute atomic E-state index is 6.06. The Labute approximate surface area is 93.0 Å². The summed E-state index contributed by atoms with van der Waals surface area (Å²) in [5.74, 6) is 0. The lowest BCUT2D eigenvalue weighted by atomic mass is 10.0. The Balaban J connectivity index is 2.08. The average molecular weight is 255 g/mol. The van der Waals surface area contributed by atoms with Gasteiger partial charge in [-0.15, -0.1) is 0 Å². The summed E-state index contributed by atoms with van der Waals surface area (Å²) in [6.45, 7) is 2.10. The topological polar surface area (TPSA) is 38.9 Å². The van der Waals surface area contributed by atoms with Gasteiger partial charge in [0.25, 0.3) is 0 Å². The van der Waals surface area contributed by atoms with Crippen molar-refractivity contribution in [1.82, 2.24) is 4.98 Å². The van der Waals surface area contributed by atoms with Crippen molar-refractivity contribution in [2.45, 2.75) is 38.1 Å². The fourth-order valence-electron chi connectivity index (χ4n) is 1.66. The molecule has 0 radical (unpaired) electrons. The molecule has 0 atom stereocenters. The van der Waals surface area contributed by atoms with Crippen molar-refractivity contribution < 1.29 is 0 Å². The van der Waals surface area contributed by atoms with Gasteiger partial charge in [-0.1, -0.05) is 0 Å². The molecule has 0 bridgehead atoms. The molecule has 2 rings (SSSR count). The van der Waals surface area contributed by atoms with E-state index < -0.39 is 0 Å². The number of hydrogen-bond acceptors (Lipinski definition) is 2. The van der Waals surface area contributed by atoms with Gasteiger partial charge in [0.1, 0.15) is 0 Å². The molecule has 1 heterocycles. The molecule has 1 fully saturated rings. The molecule has 0 aromatic carbocycles. The van der Waals surface area contributed by atoms with Crippen LogP contribution in [0.1, 0.15) is 30.4 Å². The molecule has 2 nitrogen and oxygen atoms in total. The van der Waals surface area contributed by atoms with Crippen LogP contribution in [0.5, 0.6) is 0 Å². The third kappa shape index (κ3) is 2.15. The van der Waals surface area contributed by atoms with Crippen LogP contribution < -0.4 is 5.73 Å². The second-order valence-electron chi connectivity index (χ2n) is 4.28. The van der Waals surface area contributed by atoms with Crippen LogP contribution in [0.2, 0.25) is 0 Å². The van der Waals surface area contributed by atoms with Gasteiger partial charge in [0.2, 0.25) is 0 Å². The second-order valence-corrected chi connectivity index (χ2v) is 5.13. The second kappa shape index (κ2) is 3.63. The zero-order valence-corrected chi connectivity index (χ0v) is 9.97. The van der Waals surface area contributed by atoms with Gasteiger partial charge in [0.05, 0.1) is 0 Å². The minimum absolute atomic E-state index is 0.148. The van der Waals surface area contributed by atoms with E-state index >= 15 is 0 Å². The third-order valence-corrected chi connectivity index (χ3v) is 3.67. The molecule has 76 valence electrons. The van der Waals surface area contributed by atoms with Crippen molar-refractivity contribution in [1.29, 1.82) is 0 Å². The summed E-state index contributed by atoms with van der Waals surface area (Å²) in [6.07, 6.45) is 8.31. The SMILES string of the molecule is Cc1cncc(Br)c1CCC1(N)CC1. The van der Waals surface area contributed by atoms with Gasteiger partial charge in [0, 0.05) is 22.4 Å². The molecule has 3 heteroatoms. The van der Waals surface area contributed by atoms with Crippen LogP contribution in [0.4, 0.5) is 0 Å². The fourth-order valence-corrected chi connectivity index (χ4v) is 2.29. The standard InChI is InChI=1S/C11H15BrN2/c1-8-6-14-7-10(12)9(8)2-3-11(13)4-5-11/h6-7H,2-5,13H2,1H3. The van der Waals surface area contributed by atoms with Crippen LogP contribution in [0, 0.1) is 6.92 Å². The lowest BCUT2D eigenvalue weighted by molar-refractivity contribution is 0.607. The number of nitrogens with two attached hydrogens (primary N) is 1. The van der Waals surface area contributed by atoms with Crippen LogP contribution in [0.3, 0.4) is 0 Å². The maximum Gasteiger partial charge on any atom is 0.0413 e. The van der Waals surface area contributed by atoms with Crippen LogP contribution in [-0.4, -0.2) is 10.5 Å². The number of pyridine rings is 1. The third-order valence-electron chi connectivity index (χ3n) is 2.99. The van der Waals surface area contributed by atoms with E-state index in [1.165, 1.54) is 24.0 Å². The average Bonchev–Trinajstić information content (AvgIpc) is 2.83. The molecule has 0 unspecified atom stereocenters. The summed E-state index contributed by atoms with van der Waals surface area (Å²) in [7, 11) is 0. The quantitative estimate of drug-likeness (QED) is 0.901. The van der Waals surface area contributed by atoms with Crippen LogP contribution >= 0.6 is 15.9 Å². The van der Waals surface area contributed by atoms with E-state index in [-0.39, 0.29) is 5.54 Å². The summed E-state index contributed by atoms with van der Waals surface area (Å²) >= 11 is 3.53. The number of aromatic nitrogens is 1. The van der Waals surface area contributed by atoms with Gasteiger partial charge in [-0.25, -0.2) is 0 Å². The van der Waals surface area contributed by atoms with Gasteiger partial charge in [-0.2, -0.15) is 0 Å². The zero-order valence-electron chi connectivity index (χ0n) is 8.39. The highest BCUT2D eigenvalue weighted by molar-refractivity contribution is 9.10. The molecular weight excluding hydrogens is 240 g/mol. The highest BCUT2D eigenvalue weighted by Gasteiger charge is 2.37. The molecule has 2 N–H and O–H groups in total. The first kappa shape index (κ1) is 10.1. The predicted molar refractivity (Wildman–Crippen MR) is 61.1 cm³/mol. The minimum atomic E-state index is 0.148. The van der Waals surface area contributed by atoms with E-state index in [1.54, 1.807) is 0 Å². The molecule has 1 saturated carbocycles. The van der Waals surface area contributed by atoms with Crippen LogP contribution in [-0.2, 0) is 6.42 Å². The number of hydrogen-bond donors (Lipinski definition) is 1. The Hall–Kier alpha value is -0.410. The normalized spacial score (nSPS) is 18.2. The number of aryl methyl sites for hydroxylation is 1. The zero-order chi connectivity index (χ0) is 10.2. The Kier molecular flexibility index (Phi) is 2.62. The minimum Gasteiger partial charge on any atom is -0.325 e. The number of halogens is 1. The Bertz CT molecular complexity index is 325. The smallest absolute Gasteiger partial charge is 0.0413 e. The molecule has 1 aliphatic rings. The lowest BCUT2D eigenvalue weighted by Crippen LogP contribution is -2.22. The van der Waals surface area contributed by atoms with Gasteiger partial charge < -0.3 is 5.73 Å². The summed E-state index contributed by atoms with van der Waals surface area (Å²) in [5.41, 5.74) is 8.82. The monoisotopic (exact) mass is 254 g/mol. The molecule has 1 aromatic rings. The lowest BCUT2D eigenvalue weighted by Gasteiger charge is -2.11. The van der Waals surface area contributed by atoms with E-state index in [9.17, 15) is 0 Å². The summed E-state index contributed by atoms with van der Waals surface area (Å²) in [6, 6.07) is 0. The molecule has 0 aliphatic heterocycles. The van der Waals surface area contributed by atoms with Gasteiger partial charge in [-0.3, -0.25) is 4.98 Å². The van der Waals surface area contributed by atoms with E-state index in [4.69, 9.17) is 5.73 Å². The van der Waals surface area contributed by atoms with E-state index in [0.717, 1.165) is 17.3 Å². The Morgan fingerprint density at radius 3 is 2.79 bits per heavy atom. The van der Waals surface area contributed by atoms with Crippen LogP contribution in [0.25, 0.3) is 0 Å². The predicted octanol–water partition coefficient (Wildman–Crippen LogP) is 2.58. The molecule has 0 amide bonds. The first-order valence-corrected chi connectivity index (χ1v) is 5.78. The molecule has 1 aromatic heterocycles. The molecule has 0 saturated heterocycles. The van der Waals surface area contributed by atoms with Crippen molar-refractivity contribution in [3.63, 3.8) is 0 Å². The van der Waals surface area contributed by atoms with E-state index in [2.05, 4.69) is 27.8 Å². The first-order chi connectivity index (χ1) is 6.61. The first-order valence-electron chi connectivity index (χ1n) is 4.99. The fraction of sp³-hybridized carbons (Fsp3) is 0.545. The molecule has 1 aliphatic carbocycles. The largest absolute Gasteiger partial charge is 0.325 e. The Morgan fingerprint density at radius 1 is 1.50 bits per heavy atom.